The molecule has 1 aliphatic rings. The van der Waals surface area contributed by atoms with E-state index in [1.165, 1.54) is 18.2 Å². The molecule has 1 amide bonds. The van der Waals surface area contributed by atoms with Gasteiger partial charge in [0.25, 0.3) is 0 Å². The van der Waals surface area contributed by atoms with E-state index in [-0.39, 0.29) is 24.6 Å². The normalized spacial score (nSPS) is 18.6. The summed E-state index contributed by atoms with van der Waals surface area (Å²) in [6.45, 7) is 6.12. The van der Waals surface area contributed by atoms with Crippen molar-refractivity contribution in [2.75, 3.05) is 41.0 Å². The van der Waals surface area contributed by atoms with Crippen LogP contribution >= 0.6 is 0 Å². The molecule has 134 valence electrons. The summed E-state index contributed by atoms with van der Waals surface area (Å²) in [7, 11) is 4.82. The van der Waals surface area contributed by atoms with E-state index < -0.39 is 0 Å². The maximum atomic E-state index is 11.9. The van der Waals surface area contributed by atoms with E-state index in [1.807, 2.05) is 13.0 Å². The van der Waals surface area contributed by atoms with Gasteiger partial charge in [-0.3, -0.25) is 9.69 Å². The van der Waals surface area contributed by atoms with Gasteiger partial charge in [0.15, 0.2) is 11.5 Å². The molecule has 1 aromatic rings. The average Bonchev–Trinajstić information content (AvgIpc) is 2.59. The van der Waals surface area contributed by atoms with Gasteiger partial charge in [-0.05, 0) is 43.1 Å². The van der Waals surface area contributed by atoms with Gasteiger partial charge in [-0.1, -0.05) is 6.92 Å². The minimum Gasteiger partial charge on any atom is -0.493 e. The quantitative estimate of drug-likeness (QED) is 0.822. The molecule has 0 aliphatic carbocycles. The molecule has 0 bridgehead atoms. The molecule has 1 aromatic carbocycles. The van der Waals surface area contributed by atoms with Crippen LogP contribution in [0.25, 0.3) is 0 Å². The van der Waals surface area contributed by atoms with E-state index in [4.69, 9.17) is 14.2 Å². The number of nitrogens with zero attached hydrogens (tertiary/aromatic N) is 1. The number of methoxy groups -OCH3 is 3. The smallest absolute Gasteiger partial charge is 0.246 e. The lowest BCUT2D eigenvalue weighted by atomic mass is 9.88. The van der Waals surface area contributed by atoms with Crippen molar-refractivity contribution >= 4 is 5.91 Å². The van der Waals surface area contributed by atoms with Gasteiger partial charge in [0.1, 0.15) is 6.61 Å². The number of nitrogens with one attached hydrogen (secondary N) is 1. The summed E-state index contributed by atoms with van der Waals surface area (Å²) in [5, 5.41) is 3.04. The number of carbonyl (C=O) groups excluding carboxylic acids is 1. The molecule has 1 heterocycles. The standard InChI is InChI=1S/C18H28N2O4/c1-6-20-8-7-13-9-15(23-4)16(24-5)10-14(13)18(20)12(2)19-17(21)11-22-3/h9-10,12,18H,6-8,11H2,1-5H3,(H,19,21). The molecule has 0 spiro atoms. The zero-order chi connectivity index (χ0) is 17.7. The number of hydrogen-bond acceptors (Lipinski definition) is 5. The molecule has 6 nitrogen and oxygen atoms in total. The van der Waals surface area contributed by atoms with E-state index in [0.29, 0.717) is 0 Å². The largest absolute Gasteiger partial charge is 0.493 e. The molecule has 0 aromatic heterocycles. The van der Waals surface area contributed by atoms with Gasteiger partial charge in [-0.15, -0.1) is 0 Å². The molecule has 0 saturated heterocycles. The van der Waals surface area contributed by atoms with Crippen molar-refractivity contribution in [1.82, 2.24) is 10.2 Å². The number of benzene rings is 1. The highest BCUT2D eigenvalue weighted by Crippen LogP contribution is 2.39. The summed E-state index contributed by atoms with van der Waals surface area (Å²) >= 11 is 0. The Morgan fingerprint density at radius 2 is 1.96 bits per heavy atom. The Bertz CT molecular complexity index is 576. The Balaban J connectivity index is 2.37. The second-order valence-electron chi connectivity index (χ2n) is 6.02. The Morgan fingerprint density at radius 3 is 2.54 bits per heavy atom. The van der Waals surface area contributed by atoms with Crippen LogP contribution < -0.4 is 14.8 Å². The van der Waals surface area contributed by atoms with Crippen LogP contribution in [0.5, 0.6) is 11.5 Å². The predicted molar refractivity (Wildman–Crippen MR) is 92.7 cm³/mol. The van der Waals surface area contributed by atoms with Crippen molar-refractivity contribution in [3.63, 3.8) is 0 Å². The number of likely N-dealkylation sites (N-methyl/N-ethyl adjacent to an activating group) is 1. The third-order valence-electron chi connectivity index (χ3n) is 4.57. The van der Waals surface area contributed by atoms with Gasteiger partial charge in [0.05, 0.1) is 20.3 Å². The minimum absolute atomic E-state index is 0.0373. The van der Waals surface area contributed by atoms with Crippen LogP contribution in [-0.4, -0.2) is 57.9 Å². The lowest BCUT2D eigenvalue weighted by Gasteiger charge is -2.40. The van der Waals surface area contributed by atoms with Gasteiger partial charge in [-0.25, -0.2) is 0 Å². The predicted octanol–water partition coefficient (Wildman–Crippen LogP) is 1.77. The van der Waals surface area contributed by atoms with Crippen molar-refractivity contribution in [3.8, 4) is 11.5 Å². The van der Waals surface area contributed by atoms with Gasteiger partial charge in [0.2, 0.25) is 5.91 Å². The Morgan fingerprint density at radius 1 is 1.29 bits per heavy atom. The zero-order valence-corrected chi connectivity index (χ0v) is 15.2. The second-order valence-corrected chi connectivity index (χ2v) is 6.02. The highest BCUT2D eigenvalue weighted by molar-refractivity contribution is 5.77. The number of carbonyl (C=O) groups is 1. The number of fused-ring (bicyclic) bond motifs is 1. The summed E-state index contributed by atoms with van der Waals surface area (Å²) in [6, 6.07) is 4.15. The van der Waals surface area contributed by atoms with Gasteiger partial charge in [0, 0.05) is 19.7 Å². The van der Waals surface area contributed by atoms with Gasteiger partial charge < -0.3 is 19.5 Å². The van der Waals surface area contributed by atoms with Crippen molar-refractivity contribution < 1.29 is 19.0 Å². The molecule has 2 rings (SSSR count). The van der Waals surface area contributed by atoms with E-state index in [2.05, 4.69) is 23.2 Å². The lowest BCUT2D eigenvalue weighted by molar-refractivity contribution is -0.125. The van der Waals surface area contributed by atoms with Crippen LogP contribution in [-0.2, 0) is 16.0 Å². The Hall–Kier alpha value is -1.79. The van der Waals surface area contributed by atoms with Crippen LogP contribution in [0.4, 0.5) is 0 Å². The van der Waals surface area contributed by atoms with Crippen LogP contribution in [0.15, 0.2) is 12.1 Å². The minimum atomic E-state index is -0.103. The first-order valence-electron chi connectivity index (χ1n) is 8.32. The monoisotopic (exact) mass is 336 g/mol. The number of rotatable bonds is 7. The molecular weight excluding hydrogens is 308 g/mol. The average molecular weight is 336 g/mol. The maximum absolute atomic E-state index is 11.9. The molecule has 2 atom stereocenters. The molecule has 6 heteroatoms. The number of hydrogen-bond donors (Lipinski definition) is 1. The van der Waals surface area contributed by atoms with Crippen molar-refractivity contribution in [2.24, 2.45) is 0 Å². The highest BCUT2D eigenvalue weighted by atomic mass is 16.5. The maximum Gasteiger partial charge on any atom is 0.246 e. The molecule has 0 fully saturated rings. The lowest BCUT2D eigenvalue weighted by Crippen LogP contribution is -2.48. The summed E-state index contributed by atoms with van der Waals surface area (Å²) in [5.41, 5.74) is 2.43. The number of ether oxygens (including phenoxy) is 3. The highest BCUT2D eigenvalue weighted by Gasteiger charge is 2.32. The molecule has 24 heavy (non-hydrogen) atoms. The van der Waals surface area contributed by atoms with E-state index >= 15 is 0 Å². The van der Waals surface area contributed by atoms with E-state index in [1.54, 1.807) is 14.2 Å². The van der Waals surface area contributed by atoms with E-state index in [0.717, 1.165) is 31.0 Å². The van der Waals surface area contributed by atoms with Gasteiger partial charge >= 0.3 is 0 Å². The number of amides is 1. The third kappa shape index (κ3) is 3.82. The SMILES string of the molecule is CCN1CCc2cc(OC)c(OC)cc2C1C(C)NC(=O)COC. The summed E-state index contributed by atoms with van der Waals surface area (Å²) < 4.78 is 15.8. The molecule has 2 unspecified atom stereocenters. The van der Waals surface area contributed by atoms with Crippen molar-refractivity contribution in [3.05, 3.63) is 23.3 Å². The fourth-order valence-electron chi connectivity index (χ4n) is 3.47. The first-order valence-corrected chi connectivity index (χ1v) is 8.32. The van der Waals surface area contributed by atoms with Crippen LogP contribution in [0.2, 0.25) is 0 Å². The second kappa shape index (κ2) is 8.35. The zero-order valence-electron chi connectivity index (χ0n) is 15.2. The molecule has 1 aliphatic heterocycles. The fourth-order valence-corrected chi connectivity index (χ4v) is 3.47. The Kier molecular flexibility index (Phi) is 6.45. The Labute approximate surface area is 144 Å². The van der Waals surface area contributed by atoms with E-state index in [9.17, 15) is 4.79 Å². The first-order chi connectivity index (χ1) is 11.5. The summed E-state index contributed by atoms with van der Waals surface area (Å²) in [4.78, 5) is 14.3. The van der Waals surface area contributed by atoms with Crippen molar-refractivity contribution in [1.29, 1.82) is 0 Å². The molecule has 0 saturated carbocycles. The van der Waals surface area contributed by atoms with Crippen LogP contribution in [0.1, 0.15) is 31.0 Å². The summed E-state index contributed by atoms with van der Waals surface area (Å²) in [5.74, 6) is 1.36. The third-order valence-corrected chi connectivity index (χ3v) is 4.57. The van der Waals surface area contributed by atoms with Gasteiger partial charge in [-0.2, -0.15) is 0 Å². The van der Waals surface area contributed by atoms with Crippen molar-refractivity contribution in [2.45, 2.75) is 32.4 Å². The topological polar surface area (TPSA) is 60.0 Å². The van der Waals surface area contributed by atoms with Crippen LogP contribution in [0, 0.1) is 0 Å². The molecular formula is C18H28N2O4. The summed E-state index contributed by atoms with van der Waals surface area (Å²) in [6.07, 6.45) is 0.957. The first kappa shape index (κ1) is 18.5. The molecule has 1 N–H and O–H groups in total. The van der Waals surface area contributed by atoms with Crippen LogP contribution in [0.3, 0.4) is 0 Å². The fraction of sp³-hybridized carbons (Fsp3) is 0.611. The molecule has 0 radical (unpaired) electrons.